The summed E-state index contributed by atoms with van der Waals surface area (Å²) in [5.41, 5.74) is 4.51. The highest BCUT2D eigenvalue weighted by molar-refractivity contribution is 6.00. The number of nitrogens with one attached hydrogen (secondary N) is 1. The molecule has 2 atom stereocenters. The number of hydrogen-bond donors (Lipinski definition) is 1. The molecule has 1 aliphatic rings. The predicted molar refractivity (Wildman–Crippen MR) is 127 cm³/mol. The van der Waals surface area contributed by atoms with Gasteiger partial charge in [0.15, 0.2) is 0 Å². The van der Waals surface area contributed by atoms with E-state index in [0.29, 0.717) is 18.6 Å². The van der Waals surface area contributed by atoms with Crippen LogP contribution in [0, 0.1) is 19.8 Å². The molecule has 3 aromatic carbocycles. The van der Waals surface area contributed by atoms with Crippen LogP contribution in [-0.2, 0) is 9.59 Å². The quantitative estimate of drug-likeness (QED) is 0.589. The number of methoxy groups -OCH3 is 1. The Morgan fingerprint density at radius 2 is 1.66 bits per heavy atom. The van der Waals surface area contributed by atoms with Crippen LogP contribution in [0.15, 0.2) is 72.8 Å². The number of nitrogens with zero attached hydrogens (tertiary/aromatic N) is 1. The molecule has 3 aromatic rings. The molecule has 0 aliphatic carbocycles. The highest BCUT2D eigenvalue weighted by Gasteiger charge is 2.42. The third-order valence-corrected chi connectivity index (χ3v) is 6.11. The summed E-state index contributed by atoms with van der Waals surface area (Å²) in [6.07, 6.45) is 0.785. The number of rotatable bonds is 5. The van der Waals surface area contributed by atoms with Gasteiger partial charge in [-0.3, -0.25) is 9.59 Å². The van der Waals surface area contributed by atoms with E-state index in [1.54, 1.807) is 12.0 Å². The fraction of sp³-hybridized carbons (Fsp3) is 0.259. The van der Waals surface area contributed by atoms with E-state index in [0.717, 1.165) is 28.1 Å². The van der Waals surface area contributed by atoms with Gasteiger partial charge in [-0.25, -0.2) is 0 Å². The molecule has 2 amide bonds. The molecule has 1 saturated heterocycles. The van der Waals surface area contributed by atoms with E-state index < -0.39 is 12.0 Å². The van der Waals surface area contributed by atoms with Crippen LogP contribution in [0.5, 0.6) is 5.75 Å². The number of carbonyl (C=O) groups is 2. The summed E-state index contributed by atoms with van der Waals surface area (Å²) in [6, 6.07) is 22.7. The zero-order valence-electron chi connectivity index (χ0n) is 18.7. The first kappa shape index (κ1) is 21.6. The second-order valence-corrected chi connectivity index (χ2v) is 8.24. The minimum atomic E-state index is -0.473. The van der Waals surface area contributed by atoms with Gasteiger partial charge in [-0.15, -0.1) is 0 Å². The van der Waals surface area contributed by atoms with Gasteiger partial charge >= 0.3 is 0 Å². The summed E-state index contributed by atoms with van der Waals surface area (Å²) < 4.78 is 5.63. The molecular formula is C27H28N2O3. The molecule has 1 fully saturated rings. The third kappa shape index (κ3) is 4.24. The van der Waals surface area contributed by atoms with E-state index in [1.807, 2.05) is 86.6 Å². The summed E-state index contributed by atoms with van der Waals surface area (Å²) in [7, 11) is 1.61. The smallest absolute Gasteiger partial charge is 0.229 e. The van der Waals surface area contributed by atoms with Crippen molar-refractivity contribution >= 4 is 23.2 Å². The first-order valence-electron chi connectivity index (χ1n) is 10.9. The van der Waals surface area contributed by atoms with Crippen molar-refractivity contribution in [2.75, 3.05) is 17.3 Å². The lowest BCUT2D eigenvalue weighted by Crippen LogP contribution is -2.47. The topological polar surface area (TPSA) is 58.6 Å². The van der Waals surface area contributed by atoms with E-state index in [9.17, 15) is 9.59 Å². The second-order valence-electron chi connectivity index (χ2n) is 8.24. The van der Waals surface area contributed by atoms with Crippen LogP contribution in [0.4, 0.5) is 11.4 Å². The van der Waals surface area contributed by atoms with Crippen molar-refractivity contribution in [3.05, 3.63) is 89.5 Å². The van der Waals surface area contributed by atoms with Crippen molar-refractivity contribution in [1.82, 2.24) is 0 Å². The largest absolute Gasteiger partial charge is 0.496 e. The Morgan fingerprint density at radius 3 is 2.38 bits per heavy atom. The van der Waals surface area contributed by atoms with Crippen LogP contribution in [-0.4, -0.2) is 18.9 Å². The number of piperidine rings is 1. The third-order valence-electron chi connectivity index (χ3n) is 6.11. The predicted octanol–water partition coefficient (Wildman–Crippen LogP) is 5.44. The number of anilines is 2. The van der Waals surface area contributed by atoms with Gasteiger partial charge in [0.05, 0.1) is 19.1 Å². The van der Waals surface area contributed by atoms with Crippen molar-refractivity contribution in [1.29, 1.82) is 0 Å². The highest BCUT2D eigenvalue weighted by atomic mass is 16.5. The fourth-order valence-corrected chi connectivity index (χ4v) is 4.38. The summed E-state index contributed by atoms with van der Waals surface area (Å²) in [4.78, 5) is 28.5. The summed E-state index contributed by atoms with van der Waals surface area (Å²) >= 11 is 0. The lowest BCUT2D eigenvalue weighted by molar-refractivity contribution is -0.126. The van der Waals surface area contributed by atoms with Crippen LogP contribution in [0.2, 0.25) is 0 Å². The van der Waals surface area contributed by atoms with Crippen molar-refractivity contribution in [3.8, 4) is 5.75 Å². The van der Waals surface area contributed by atoms with Gasteiger partial charge in [0.2, 0.25) is 11.8 Å². The maximum absolute atomic E-state index is 13.6. The first-order chi connectivity index (χ1) is 15.5. The Balaban J connectivity index is 1.79. The van der Waals surface area contributed by atoms with Gasteiger partial charge in [0.25, 0.3) is 0 Å². The van der Waals surface area contributed by atoms with Crippen LogP contribution in [0.1, 0.15) is 35.6 Å². The van der Waals surface area contributed by atoms with Gasteiger partial charge in [-0.05, 0) is 50.1 Å². The van der Waals surface area contributed by atoms with Gasteiger partial charge < -0.3 is 15.0 Å². The molecule has 5 heteroatoms. The number of amides is 2. The van der Waals surface area contributed by atoms with Crippen LogP contribution < -0.4 is 15.0 Å². The molecule has 1 heterocycles. The average molecular weight is 429 g/mol. The zero-order chi connectivity index (χ0) is 22.7. The fourth-order valence-electron chi connectivity index (χ4n) is 4.38. The van der Waals surface area contributed by atoms with E-state index >= 15 is 0 Å². The Bertz CT molecular complexity index is 1120. The molecule has 1 aliphatic heterocycles. The molecule has 5 nitrogen and oxygen atoms in total. The van der Waals surface area contributed by atoms with Crippen molar-refractivity contribution in [2.45, 2.75) is 32.7 Å². The Morgan fingerprint density at radius 1 is 0.969 bits per heavy atom. The maximum Gasteiger partial charge on any atom is 0.229 e. The molecule has 0 bridgehead atoms. The first-order valence-corrected chi connectivity index (χ1v) is 10.9. The lowest BCUT2D eigenvalue weighted by atomic mass is 9.82. The molecule has 0 saturated carbocycles. The van der Waals surface area contributed by atoms with Crippen LogP contribution in [0.3, 0.4) is 0 Å². The normalized spacial score (nSPS) is 18.3. The van der Waals surface area contributed by atoms with E-state index in [4.69, 9.17) is 4.74 Å². The number of para-hydroxylation sites is 2. The number of carbonyl (C=O) groups excluding carboxylic acids is 2. The van der Waals surface area contributed by atoms with Gasteiger partial charge in [-0.2, -0.15) is 0 Å². The van der Waals surface area contributed by atoms with E-state index in [1.165, 1.54) is 0 Å². The summed E-state index contributed by atoms with van der Waals surface area (Å²) in [5, 5.41) is 3.10. The molecule has 0 unspecified atom stereocenters. The molecule has 0 radical (unpaired) electrons. The van der Waals surface area contributed by atoms with Crippen molar-refractivity contribution in [2.24, 2.45) is 5.92 Å². The minimum absolute atomic E-state index is 0.00435. The molecular weight excluding hydrogens is 400 g/mol. The number of ether oxygens (including phenoxy) is 1. The zero-order valence-corrected chi connectivity index (χ0v) is 18.7. The molecule has 164 valence electrons. The lowest BCUT2D eigenvalue weighted by Gasteiger charge is -2.41. The van der Waals surface area contributed by atoms with Gasteiger partial charge in [0.1, 0.15) is 5.75 Å². The van der Waals surface area contributed by atoms with Crippen molar-refractivity contribution in [3.63, 3.8) is 0 Å². The van der Waals surface area contributed by atoms with E-state index in [-0.39, 0.29) is 11.8 Å². The number of benzene rings is 3. The van der Waals surface area contributed by atoms with Crippen LogP contribution >= 0.6 is 0 Å². The maximum atomic E-state index is 13.6. The van der Waals surface area contributed by atoms with Crippen LogP contribution in [0.25, 0.3) is 0 Å². The van der Waals surface area contributed by atoms with Crippen molar-refractivity contribution < 1.29 is 14.3 Å². The monoisotopic (exact) mass is 428 g/mol. The molecule has 4 rings (SSSR count). The molecule has 1 N–H and O–H groups in total. The molecule has 0 aromatic heterocycles. The Labute approximate surface area is 189 Å². The minimum Gasteiger partial charge on any atom is -0.496 e. The number of hydrogen-bond acceptors (Lipinski definition) is 3. The Hall–Kier alpha value is -3.60. The Kier molecular flexibility index (Phi) is 6.26. The summed E-state index contributed by atoms with van der Waals surface area (Å²) in [5.74, 6) is 0.146. The highest BCUT2D eigenvalue weighted by Crippen LogP contribution is 2.43. The standard InChI is InChI=1S/C27H28N2O3/c1-18-12-14-20(15-13-18)29-25(30)17-16-22(26(29)21-9-5-7-11-24(21)32-3)27(31)28-23-10-6-4-8-19(23)2/h4-15,22,26H,16-17H2,1-3H3,(H,28,31)/t22-,26+/m1/s1. The SMILES string of the molecule is COc1ccccc1[C@H]1[C@H](C(=O)Nc2ccccc2C)CCC(=O)N1c1ccc(C)cc1. The molecule has 32 heavy (non-hydrogen) atoms. The summed E-state index contributed by atoms with van der Waals surface area (Å²) in [6.45, 7) is 3.98. The average Bonchev–Trinajstić information content (AvgIpc) is 2.81. The number of aryl methyl sites for hydroxylation is 2. The molecule has 0 spiro atoms. The van der Waals surface area contributed by atoms with Gasteiger partial charge in [0, 0.05) is 23.4 Å². The van der Waals surface area contributed by atoms with Gasteiger partial charge in [-0.1, -0.05) is 54.1 Å². The van der Waals surface area contributed by atoms with E-state index in [2.05, 4.69) is 5.32 Å². The second kappa shape index (κ2) is 9.27.